The van der Waals surface area contributed by atoms with Crippen LogP contribution in [0.15, 0.2) is 36.4 Å². The lowest BCUT2D eigenvalue weighted by molar-refractivity contribution is 0.102. The Balaban J connectivity index is 1.85. The normalized spacial score (nSPS) is 10.3. The largest absolute Gasteiger partial charge is 0.496 e. The van der Waals surface area contributed by atoms with Crippen LogP contribution < -0.4 is 24.3 Å². The van der Waals surface area contributed by atoms with Gasteiger partial charge in [-0.05, 0) is 24.3 Å². The summed E-state index contributed by atoms with van der Waals surface area (Å²) in [6.45, 7) is 0. The summed E-state index contributed by atoms with van der Waals surface area (Å²) in [4.78, 5) is 12.7. The zero-order valence-corrected chi connectivity index (χ0v) is 16.6. The smallest absolute Gasteiger partial charge is 0.257 e. The average molecular weight is 401 g/mol. The molecule has 0 bridgehead atoms. The number of hydrogen-bond donors (Lipinski definition) is 1. The number of carbonyl (C=O) groups is 1. The molecule has 3 rings (SSSR count). The van der Waals surface area contributed by atoms with Gasteiger partial charge >= 0.3 is 0 Å². The second-order valence-corrected chi connectivity index (χ2v) is 6.46. The minimum Gasteiger partial charge on any atom is -0.496 e. The van der Waals surface area contributed by atoms with Crippen molar-refractivity contribution in [3.63, 3.8) is 0 Å². The maximum absolute atomic E-state index is 12.7. The lowest BCUT2D eigenvalue weighted by atomic mass is 10.1. The molecule has 1 N–H and O–H groups in total. The van der Waals surface area contributed by atoms with Crippen molar-refractivity contribution in [3.05, 3.63) is 42.0 Å². The van der Waals surface area contributed by atoms with Crippen molar-refractivity contribution in [3.8, 4) is 33.6 Å². The fourth-order valence-electron chi connectivity index (χ4n) is 2.59. The second-order valence-electron chi connectivity index (χ2n) is 5.48. The fraction of sp³-hybridized carbons (Fsp3) is 0.211. The summed E-state index contributed by atoms with van der Waals surface area (Å²) in [6.07, 6.45) is 0. The van der Waals surface area contributed by atoms with E-state index in [4.69, 9.17) is 18.9 Å². The van der Waals surface area contributed by atoms with E-state index in [0.29, 0.717) is 38.7 Å². The molecule has 28 heavy (non-hydrogen) atoms. The molecule has 3 aromatic rings. The molecule has 0 spiro atoms. The van der Waals surface area contributed by atoms with Gasteiger partial charge in [-0.25, -0.2) is 0 Å². The summed E-state index contributed by atoms with van der Waals surface area (Å²) in [5.74, 6) is 1.50. The zero-order valence-electron chi connectivity index (χ0n) is 15.8. The van der Waals surface area contributed by atoms with E-state index in [0.717, 1.165) is 5.56 Å². The van der Waals surface area contributed by atoms with Gasteiger partial charge in [0.25, 0.3) is 5.91 Å². The minimum atomic E-state index is -0.373. The van der Waals surface area contributed by atoms with Crippen molar-refractivity contribution < 1.29 is 23.7 Å². The van der Waals surface area contributed by atoms with E-state index in [2.05, 4.69) is 15.5 Å². The molecule has 1 amide bonds. The maximum atomic E-state index is 12.7. The zero-order chi connectivity index (χ0) is 20.1. The number of para-hydroxylation sites is 1. The number of methoxy groups -OCH3 is 4. The number of nitrogens with one attached hydrogen (secondary N) is 1. The Morgan fingerprint density at radius 3 is 2.14 bits per heavy atom. The van der Waals surface area contributed by atoms with Gasteiger partial charge in [-0.1, -0.05) is 23.5 Å². The first kappa shape index (κ1) is 19.4. The van der Waals surface area contributed by atoms with Crippen molar-refractivity contribution in [2.45, 2.75) is 0 Å². The third-order valence-electron chi connectivity index (χ3n) is 3.91. The summed E-state index contributed by atoms with van der Waals surface area (Å²) in [6, 6.07) is 10.6. The van der Waals surface area contributed by atoms with E-state index >= 15 is 0 Å². The lowest BCUT2D eigenvalue weighted by Gasteiger charge is -2.13. The Morgan fingerprint density at radius 1 is 0.893 bits per heavy atom. The first-order valence-corrected chi connectivity index (χ1v) is 9.01. The van der Waals surface area contributed by atoms with Crippen LogP contribution in [-0.4, -0.2) is 44.5 Å². The Hall–Kier alpha value is -3.33. The topological polar surface area (TPSA) is 91.8 Å². The van der Waals surface area contributed by atoms with Crippen LogP contribution in [-0.2, 0) is 0 Å². The van der Waals surface area contributed by atoms with Crippen LogP contribution in [0.3, 0.4) is 0 Å². The molecule has 0 unspecified atom stereocenters. The fourth-order valence-corrected chi connectivity index (χ4v) is 3.35. The van der Waals surface area contributed by atoms with E-state index in [1.165, 1.54) is 32.7 Å². The molecular formula is C19H19N3O5S. The van der Waals surface area contributed by atoms with Crippen LogP contribution in [0.2, 0.25) is 0 Å². The van der Waals surface area contributed by atoms with Crippen LogP contribution in [0.1, 0.15) is 10.4 Å². The molecule has 1 aromatic heterocycles. The molecule has 0 aliphatic heterocycles. The highest BCUT2D eigenvalue weighted by atomic mass is 32.1. The number of ether oxygens (including phenoxy) is 4. The van der Waals surface area contributed by atoms with Gasteiger partial charge in [0.1, 0.15) is 5.75 Å². The van der Waals surface area contributed by atoms with E-state index in [1.807, 2.05) is 24.3 Å². The molecule has 0 aliphatic carbocycles. The number of aromatic nitrogens is 2. The van der Waals surface area contributed by atoms with Crippen LogP contribution in [0, 0.1) is 0 Å². The highest BCUT2D eigenvalue weighted by Gasteiger charge is 2.19. The van der Waals surface area contributed by atoms with Crippen molar-refractivity contribution in [2.24, 2.45) is 0 Å². The molecule has 146 valence electrons. The average Bonchev–Trinajstić information content (AvgIpc) is 3.20. The second kappa shape index (κ2) is 8.57. The number of hydrogen-bond acceptors (Lipinski definition) is 8. The van der Waals surface area contributed by atoms with E-state index < -0.39 is 0 Å². The number of benzene rings is 2. The molecule has 9 heteroatoms. The first-order valence-electron chi connectivity index (χ1n) is 8.19. The quantitative estimate of drug-likeness (QED) is 0.648. The van der Waals surface area contributed by atoms with Crippen molar-refractivity contribution in [1.29, 1.82) is 0 Å². The number of rotatable bonds is 7. The maximum Gasteiger partial charge on any atom is 0.257 e. The number of carbonyl (C=O) groups excluding carboxylic acids is 1. The highest BCUT2D eigenvalue weighted by molar-refractivity contribution is 7.18. The predicted octanol–water partition coefficient (Wildman–Crippen LogP) is 3.49. The Kier molecular flexibility index (Phi) is 5.95. The monoisotopic (exact) mass is 401 g/mol. The molecule has 8 nitrogen and oxygen atoms in total. The first-order chi connectivity index (χ1) is 13.6. The summed E-state index contributed by atoms with van der Waals surface area (Å²) in [5.41, 5.74) is 1.14. The van der Waals surface area contributed by atoms with Crippen molar-refractivity contribution in [1.82, 2.24) is 10.2 Å². The van der Waals surface area contributed by atoms with Crippen LogP contribution in [0.4, 0.5) is 5.13 Å². The lowest BCUT2D eigenvalue weighted by Crippen LogP contribution is -2.12. The summed E-state index contributed by atoms with van der Waals surface area (Å²) < 4.78 is 21.2. The Morgan fingerprint density at radius 2 is 1.54 bits per heavy atom. The number of amides is 1. The number of anilines is 1. The summed E-state index contributed by atoms with van der Waals surface area (Å²) in [7, 11) is 6.07. The van der Waals surface area contributed by atoms with Crippen molar-refractivity contribution in [2.75, 3.05) is 33.8 Å². The predicted molar refractivity (Wildman–Crippen MR) is 106 cm³/mol. The van der Waals surface area contributed by atoms with Crippen LogP contribution in [0.25, 0.3) is 10.6 Å². The standard InChI is InChI=1S/C19H19N3O5S/c1-24-13-8-6-5-7-12(13)18-21-22-19(28-18)20-17(23)11-9-14(25-2)16(27-4)15(10-11)26-3/h5-10H,1-4H3,(H,20,22,23). The highest BCUT2D eigenvalue weighted by Crippen LogP contribution is 2.38. The van der Waals surface area contributed by atoms with E-state index in [1.54, 1.807) is 19.2 Å². The van der Waals surface area contributed by atoms with Gasteiger partial charge in [0, 0.05) is 5.56 Å². The van der Waals surface area contributed by atoms with Gasteiger partial charge in [-0.3, -0.25) is 10.1 Å². The Bertz CT molecular complexity index is 964. The molecule has 0 atom stereocenters. The van der Waals surface area contributed by atoms with Gasteiger partial charge < -0.3 is 18.9 Å². The van der Waals surface area contributed by atoms with Gasteiger partial charge in [-0.2, -0.15) is 0 Å². The third-order valence-corrected chi connectivity index (χ3v) is 4.78. The van der Waals surface area contributed by atoms with Gasteiger partial charge in [0.2, 0.25) is 10.9 Å². The Labute approximate surface area is 166 Å². The summed E-state index contributed by atoms with van der Waals surface area (Å²) >= 11 is 1.24. The molecule has 0 saturated heterocycles. The van der Waals surface area contributed by atoms with Crippen LogP contribution >= 0.6 is 11.3 Å². The summed E-state index contributed by atoms with van der Waals surface area (Å²) in [5, 5.41) is 11.9. The SMILES string of the molecule is COc1ccccc1-c1nnc(NC(=O)c2cc(OC)c(OC)c(OC)c2)s1. The molecule has 0 radical (unpaired) electrons. The van der Waals surface area contributed by atoms with Gasteiger partial charge in [0.15, 0.2) is 16.5 Å². The van der Waals surface area contributed by atoms with E-state index in [-0.39, 0.29) is 5.91 Å². The molecule has 2 aromatic carbocycles. The van der Waals surface area contributed by atoms with Crippen molar-refractivity contribution >= 4 is 22.4 Å². The third kappa shape index (κ3) is 3.84. The number of nitrogens with zero attached hydrogens (tertiary/aromatic N) is 2. The molecule has 0 aliphatic rings. The molecule has 0 saturated carbocycles. The molecular weight excluding hydrogens is 382 g/mol. The molecule has 1 heterocycles. The van der Waals surface area contributed by atoms with E-state index in [9.17, 15) is 4.79 Å². The van der Waals surface area contributed by atoms with Crippen LogP contribution in [0.5, 0.6) is 23.0 Å². The van der Waals surface area contributed by atoms with Gasteiger partial charge in [0.05, 0.1) is 34.0 Å². The van der Waals surface area contributed by atoms with Gasteiger partial charge in [-0.15, -0.1) is 10.2 Å². The molecule has 0 fully saturated rings. The minimum absolute atomic E-state index is 0.337.